The van der Waals surface area contributed by atoms with Gasteiger partial charge in [0.15, 0.2) is 0 Å². The van der Waals surface area contributed by atoms with Crippen molar-refractivity contribution in [2.75, 3.05) is 0 Å². The molecule has 16 heavy (non-hydrogen) atoms. The van der Waals surface area contributed by atoms with Gasteiger partial charge in [-0.05, 0) is 46.0 Å². The molecule has 0 aromatic heterocycles. The Hall–Kier alpha value is -0.860. The maximum absolute atomic E-state index is 11.8. The van der Waals surface area contributed by atoms with Crippen molar-refractivity contribution in [2.45, 2.75) is 52.6 Å². The van der Waals surface area contributed by atoms with Crippen LogP contribution in [0.15, 0.2) is 0 Å². The van der Waals surface area contributed by atoms with Crippen LogP contribution in [0, 0.1) is 17.3 Å². The van der Waals surface area contributed by atoms with E-state index in [9.17, 15) is 9.59 Å². The van der Waals surface area contributed by atoms with Gasteiger partial charge in [0.05, 0.1) is 5.41 Å². The van der Waals surface area contributed by atoms with Crippen LogP contribution in [0.25, 0.3) is 0 Å². The minimum Gasteiger partial charge on any atom is -0.461 e. The number of carbonyl (C=O) groups excluding carboxylic acids is 2. The van der Waals surface area contributed by atoms with Crippen LogP contribution in [-0.4, -0.2) is 17.9 Å². The summed E-state index contributed by atoms with van der Waals surface area (Å²) in [5, 5.41) is 0. The fourth-order valence-electron chi connectivity index (χ4n) is 2.63. The van der Waals surface area contributed by atoms with Gasteiger partial charge in [0.25, 0.3) is 0 Å². The standard InChI is InChI=1S/C13H20O3/c1-13(2,3)12(15)16-11-7-10(14)8-4-5-9(11)6-8/h8-9,11H,4-7H2,1-3H3/t8-,9+,11+/m1/s1. The number of Topliss-reactive ketones (excluding diaryl/α,β-unsaturated/α-hetero) is 1. The van der Waals surface area contributed by atoms with Gasteiger partial charge in [0.2, 0.25) is 0 Å². The SMILES string of the molecule is CC(C)(C)C(=O)O[C@H]1CC(=O)[C@@H]2CC[C@H]1C2. The van der Waals surface area contributed by atoms with Crippen LogP contribution in [0.4, 0.5) is 0 Å². The Morgan fingerprint density at radius 2 is 2.00 bits per heavy atom. The number of hydrogen-bond donors (Lipinski definition) is 0. The zero-order valence-corrected chi connectivity index (χ0v) is 10.3. The quantitative estimate of drug-likeness (QED) is 0.642. The van der Waals surface area contributed by atoms with Crippen LogP contribution >= 0.6 is 0 Å². The second-order valence-corrected chi connectivity index (χ2v) is 6.13. The summed E-state index contributed by atoms with van der Waals surface area (Å²) in [6.07, 6.45) is 3.25. The summed E-state index contributed by atoms with van der Waals surface area (Å²) in [7, 11) is 0. The largest absolute Gasteiger partial charge is 0.461 e. The van der Waals surface area contributed by atoms with Crippen molar-refractivity contribution in [3.05, 3.63) is 0 Å². The number of ketones is 1. The predicted molar refractivity (Wildman–Crippen MR) is 59.8 cm³/mol. The molecule has 0 N–H and O–H groups in total. The van der Waals surface area contributed by atoms with Gasteiger partial charge in [0, 0.05) is 12.3 Å². The molecule has 3 nitrogen and oxygen atoms in total. The van der Waals surface area contributed by atoms with E-state index in [-0.39, 0.29) is 18.0 Å². The Kier molecular flexibility index (Phi) is 2.81. The van der Waals surface area contributed by atoms with Crippen LogP contribution in [-0.2, 0) is 14.3 Å². The van der Waals surface area contributed by atoms with E-state index >= 15 is 0 Å². The number of esters is 1. The minimum absolute atomic E-state index is 0.155. The highest BCUT2D eigenvalue weighted by Gasteiger charge is 2.43. The zero-order chi connectivity index (χ0) is 11.9. The summed E-state index contributed by atoms with van der Waals surface area (Å²) in [5.41, 5.74) is -0.474. The van der Waals surface area contributed by atoms with Crippen molar-refractivity contribution >= 4 is 11.8 Å². The number of hydrogen-bond acceptors (Lipinski definition) is 3. The predicted octanol–water partition coefficient (Wildman–Crippen LogP) is 2.33. The first-order valence-corrected chi connectivity index (χ1v) is 6.11. The van der Waals surface area contributed by atoms with E-state index in [1.54, 1.807) is 0 Å². The van der Waals surface area contributed by atoms with Gasteiger partial charge in [-0.3, -0.25) is 9.59 Å². The molecule has 2 fully saturated rings. The van der Waals surface area contributed by atoms with Crippen LogP contribution in [0.1, 0.15) is 46.5 Å². The monoisotopic (exact) mass is 224 g/mol. The second kappa shape index (κ2) is 3.86. The lowest BCUT2D eigenvalue weighted by Crippen LogP contribution is -2.36. The Labute approximate surface area is 96.5 Å². The van der Waals surface area contributed by atoms with E-state index in [0.717, 1.165) is 19.3 Å². The van der Waals surface area contributed by atoms with Crippen molar-refractivity contribution in [3.63, 3.8) is 0 Å². The van der Waals surface area contributed by atoms with Crippen molar-refractivity contribution in [3.8, 4) is 0 Å². The van der Waals surface area contributed by atoms with E-state index in [1.165, 1.54) is 0 Å². The third kappa shape index (κ3) is 2.13. The Bertz CT molecular complexity index is 314. The molecule has 90 valence electrons. The molecule has 0 saturated heterocycles. The molecule has 2 bridgehead atoms. The molecule has 0 heterocycles. The average Bonchev–Trinajstić information content (AvgIpc) is 2.58. The molecule has 0 spiro atoms. The Balaban J connectivity index is 2.00. The van der Waals surface area contributed by atoms with E-state index in [0.29, 0.717) is 18.1 Å². The highest BCUT2D eigenvalue weighted by Crippen LogP contribution is 2.41. The highest BCUT2D eigenvalue weighted by molar-refractivity contribution is 5.83. The Morgan fingerprint density at radius 1 is 1.31 bits per heavy atom. The number of rotatable bonds is 1. The number of carbonyl (C=O) groups is 2. The number of ether oxygens (including phenoxy) is 1. The van der Waals surface area contributed by atoms with Gasteiger partial charge in [-0.25, -0.2) is 0 Å². The molecule has 2 aliphatic rings. The molecule has 0 amide bonds. The molecule has 2 aliphatic carbocycles. The Morgan fingerprint density at radius 3 is 2.62 bits per heavy atom. The third-order valence-corrected chi connectivity index (χ3v) is 3.73. The van der Waals surface area contributed by atoms with Crippen molar-refractivity contribution in [1.29, 1.82) is 0 Å². The zero-order valence-electron chi connectivity index (χ0n) is 10.3. The second-order valence-electron chi connectivity index (χ2n) is 6.13. The van der Waals surface area contributed by atoms with Gasteiger partial charge >= 0.3 is 5.97 Å². The van der Waals surface area contributed by atoms with Gasteiger partial charge in [-0.2, -0.15) is 0 Å². The lowest BCUT2D eigenvalue weighted by molar-refractivity contribution is -0.163. The average molecular weight is 224 g/mol. The summed E-state index contributed by atoms with van der Waals surface area (Å²) in [5.74, 6) is 0.791. The summed E-state index contributed by atoms with van der Waals surface area (Å²) in [6, 6.07) is 0. The summed E-state index contributed by atoms with van der Waals surface area (Å²) < 4.78 is 5.50. The summed E-state index contributed by atoms with van der Waals surface area (Å²) >= 11 is 0. The maximum Gasteiger partial charge on any atom is 0.311 e. The van der Waals surface area contributed by atoms with Crippen LogP contribution < -0.4 is 0 Å². The lowest BCUT2D eigenvalue weighted by atomic mass is 9.85. The highest BCUT2D eigenvalue weighted by atomic mass is 16.5. The van der Waals surface area contributed by atoms with Crippen LogP contribution in [0.5, 0.6) is 0 Å². The first kappa shape index (κ1) is 11.6. The minimum atomic E-state index is -0.474. The van der Waals surface area contributed by atoms with Gasteiger partial charge < -0.3 is 4.74 Å². The normalized spacial score (nSPS) is 33.9. The molecule has 2 rings (SSSR count). The van der Waals surface area contributed by atoms with E-state index in [1.807, 2.05) is 20.8 Å². The third-order valence-electron chi connectivity index (χ3n) is 3.73. The molecule has 3 heteroatoms. The smallest absolute Gasteiger partial charge is 0.311 e. The number of fused-ring (bicyclic) bond motifs is 2. The van der Waals surface area contributed by atoms with Crippen molar-refractivity contribution < 1.29 is 14.3 Å². The van der Waals surface area contributed by atoms with Crippen molar-refractivity contribution in [1.82, 2.24) is 0 Å². The molecule has 0 unspecified atom stereocenters. The first-order chi connectivity index (χ1) is 7.38. The fraction of sp³-hybridized carbons (Fsp3) is 0.846. The van der Waals surface area contributed by atoms with E-state index < -0.39 is 5.41 Å². The van der Waals surface area contributed by atoms with Gasteiger partial charge in [-0.1, -0.05) is 0 Å². The van der Waals surface area contributed by atoms with Crippen LogP contribution in [0.3, 0.4) is 0 Å². The maximum atomic E-state index is 11.8. The summed E-state index contributed by atoms with van der Waals surface area (Å²) in [6.45, 7) is 5.53. The molecular formula is C13H20O3. The molecule has 0 radical (unpaired) electrons. The van der Waals surface area contributed by atoms with Gasteiger partial charge in [0.1, 0.15) is 11.9 Å². The molecule has 0 aromatic rings. The van der Waals surface area contributed by atoms with Crippen LogP contribution in [0.2, 0.25) is 0 Å². The molecule has 3 atom stereocenters. The summed E-state index contributed by atoms with van der Waals surface area (Å²) in [4.78, 5) is 23.5. The van der Waals surface area contributed by atoms with E-state index in [2.05, 4.69) is 0 Å². The molecular weight excluding hydrogens is 204 g/mol. The topological polar surface area (TPSA) is 43.4 Å². The first-order valence-electron chi connectivity index (χ1n) is 6.11. The van der Waals surface area contributed by atoms with Crippen molar-refractivity contribution in [2.24, 2.45) is 17.3 Å². The van der Waals surface area contributed by atoms with Gasteiger partial charge in [-0.15, -0.1) is 0 Å². The molecule has 2 saturated carbocycles. The lowest BCUT2D eigenvalue weighted by Gasteiger charge is -2.30. The molecule has 0 aromatic carbocycles. The molecule has 0 aliphatic heterocycles. The van der Waals surface area contributed by atoms with E-state index in [4.69, 9.17) is 4.74 Å². The fourth-order valence-corrected chi connectivity index (χ4v) is 2.63.